The lowest BCUT2D eigenvalue weighted by Gasteiger charge is -2.49. The Labute approximate surface area is 364 Å². The second-order valence-corrected chi connectivity index (χ2v) is 17.4. The number of hydrogen-bond acceptors (Lipinski definition) is 9. The highest BCUT2D eigenvalue weighted by atomic mass is 16.6. The molecule has 0 radical (unpaired) electrons. The Hall–Kier alpha value is -2.57. The maximum absolute atomic E-state index is 14.2. The van der Waals surface area contributed by atoms with Crippen LogP contribution in [0, 0.1) is 0 Å². The largest absolute Gasteiger partial charge is 0.444 e. The second kappa shape index (κ2) is 34.0. The van der Waals surface area contributed by atoms with E-state index >= 15 is 0 Å². The van der Waals surface area contributed by atoms with Gasteiger partial charge in [-0.1, -0.05) is 205 Å². The van der Waals surface area contributed by atoms with Crippen LogP contribution in [0.2, 0.25) is 0 Å². The molecule has 0 aliphatic carbocycles. The highest BCUT2D eigenvalue weighted by molar-refractivity contribution is 5.95. The molecular weight excluding hydrogens is 759 g/mol. The number of aliphatic hydroxyl groups is 3. The van der Waals surface area contributed by atoms with Crippen LogP contribution < -0.4 is 5.73 Å². The zero-order valence-corrected chi connectivity index (χ0v) is 38.1. The first-order valence-corrected chi connectivity index (χ1v) is 24.4. The van der Waals surface area contributed by atoms with Gasteiger partial charge in [0.05, 0.1) is 12.6 Å². The fourth-order valence-corrected chi connectivity index (χ4v) is 8.29. The van der Waals surface area contributed by atoms with Gasteiger partial charge in [0.25, 0.3) is 0 Å². The van der Waals surface area contributed by atoms with Gasteiger partial charge in [0, 0.05) is 13.0 Å². The number of imide groups is 1. The summed E-state index contributed by atoms with van der Waals surface area (Å²) in [7, 11) is 0. The van der Waals surface area contributed by atoms with Crippen molar-refractivity contribution in [1.29, 1.82) is 0 Å². The van der Waals surface area contributed by atoms with Gasteiger partial charge in [0.15, 0.2) is 6.23 Å². The van der Waals surface area contributed by atoms with Crippen LogP contribution in [0.15, 0.2) is 30.3 Å². The SMILES string of the molecule is CCCCCCCCCCCCCCCCN(C(=O)CCCCCCCCCCCCCCC)[C@@H]1O[C@H](CO)[C@@H](O)[C@H](O)[C@H]1N(C(=O)OCc1ccccc1)C(=O)[C@H](C)N. The zero-order valence-electron chi connectivity index (χ0n) is 38.1. The third kappa shape index (κ3) is 21.5. The van der Waals surface area contributed by atoms with Crippen LogP contribution in [0.3, 0.4) is 0 Å². The number of nitrogens with zero attached hydrogens (tertiary/aromatic N) is 2. The van der Waals surface area contributed by atoms with Crippen LogP contribution in [-0.2, 0) is 25.7 Å². The van der Waals surface area contributed by atoms with Gasteiger partial charge < -0.3 is 35.4 Å². The number of carbonyl (C=O) groups is 3. The van der Waals surface area contributed by atoms with Crippen molar-refractivity contribution in [3.63, 3.8) is 0 Å². The van der Waals surface area contributed by atoms with E-state index in [2.05, 4.69) is 13.8 Å². The predicted octanol–water partition coefficient (Wildman–Crippen LogP) is 10.1. The van der Waals surface area contributed by atoms with Crippen molar-refractivity contribution in [2.75, 3.05) is 13.2 Å². The molecule has 11 heteroatoms. The van der Waals surface area contributed by atoms with Crippen molar-refractivity contribution >= 4 is 17.9 Å². The molecule has 0 bridgehead atoms. The van der Waals surface area contributed by atoms with E-state index in [4.69, 9.17) is 15.2 Å². The number of amides is 3. The quantitative estimate of drug-likeness (QED) is 0.0487. The molecule has 1 fully saturated rings. The molecule has 0 saturated carbocycles. The molecule has 2 rings (SSSR count). The van der Waals surface area contributed by atoms with Gasteiger partial charge in [-0.15, -0.1) is 0 Å². The van der Waals surface area contributed by atoms with E-state index in [9.17, 15) is 29.7 Å². The van der Waals surface area contributed by atoms with Crippen LogP contribution in [0.5, 0.6) is 0 Å². The van der Waals surface area contributed by atoms with Crippen LogP contribution in [-0.4, -0.2) is 92.8 Å². The van der Waals surface area contributed by atoms with Crippen LogP contribution in [0.25, 0.3) is 0 Å². The Morgan fingerprint density at radius 1 is 0.667 bits per heavy atom. The minimum Gasteiger partial charge on any atom is -0.444 e. The number of nitrogens with two attached hydrogens (primary N) is 1. The predicted molar refractivity (Wildman–Crippen MR) is 241 cm³/mol. The van der Waals surface area contributed by atoms with Crippen LogP contribution >= 0.6 is 0 Å². The fourth-order valence-electron chi connectivity index (χ4n) is 8.29. The third-order valence-corrected chi connectivity index (χ3v) is 12.1. The molecule has 1 aliphatic heterocycles. The molecule has 0 aromatic heterocycles. The number of carbonyl (C=O) groups excluding carboxylic acids is 3. The highest BCUT2D eigenvalue weighted by Gasteiger charge is 2.53. The van der Waals surface area contributed by atoms with Gasteiger partial charge in [0.1, 0.15) is 31.0 Å². The van der Waals surface area contributed by atoms with Crippen LogP contribution in [0.1, 0.15) is 206 Å². The summed E-state index contributed by atoms with van der Waals surface area (Å²) in [6.07, 6.45) is 25.0. The highest BCUT2D eigenvalue weighted by Crippen LogP contribution is 2.30. The molecule has 1 saturated heterocycles. The first-order chi connectivity index (χ1) is 29.2. The summed E-state index contributed by atoms with van der Waals surface area (Å²) in [5, 5.41) is 32.9. The topological polar surface area (TPSA) is 163 Å². The van der Waals surface area contributed by atoms with Crippen molar-refractivity contribution in [2.24, 2.45) is 5.73 Å². The Bertz CT molecular complexity index is 1240. The van der Waals surface area contributed by atoms with Crippen LogP contribution in [0.4, 0.5) is 4.79 Å². The minimum absolute atomic E-state index is 0.153. The van der Waals surface area contributed by atoms with E-state index in [1.54, 1.807) is 24.3 Å². The summed E-state index contributed by atoms with van der Waals surface area (Å²) in [6, 6.07) is 6.27. The molecule has 1 aliphatic rings. The molecule has 6 atom stereocenters. The van der Waals surface area contributed by atoms with Crippen molar-refractivity contribution in [3.8, 4) is 0 Å². The molecule has 1 aromatic rings. The van der Waals surface area contributed by atoms with Crippen molar-refractivity contribution in [1.82, 2.24) is 9.80 Å². The fraction of sp³-hybridized carbons (Fsp3) is 0.816. The number of unbranched alkanes of at least 4 members (excludes halogenated alkanes) is 25. The van der Waals surface area contributed by atoms with E-state index in [0.29, 0.717) is 18.4 Å². The Balaban J connectivity index is 2.12. The van der Waals surface area contributed by atoms with Gasteiger partial charge >= 0.3 is 6.09 Å². The first kappa shape index (κ1) is 53.6. The van der Waals surface area contributed by atoms with E-state index in [1.807, 2.05) is 6.07 Å². The summed E-state index contributed by atoms with van der Waals surface area (Å²) >= 11 is 0. The molecule has 5 N–H and O–H groups in total. The second-order valence-electron chi connectivity index (χ2n) is 17.4. The molecule has 0 unspecified atom stereocenters. The molecular formula is C49H87N3O8. The number of ether oxygens (including phenoxy) is 2. The lowest BCUT2D eigenvalue weighted by Crippen LogP contribution is -2.71. The lowest BCUT2D eigenvalue weighted by atomic mass is 9.93. The normalized spacial score (nSPS) is 19.6. The Kier molecular flexibility index (Phi) is 30.3. The minimum atomic E-state index is -1.75. The van der Waals surface area contributed by atoms with E-state index in [-0.39, 0.29) is 25.5 Å². The molecule has 3 amide bonds. The van der Waals surface area contributed by atoms with E-state index in [0.717, 1.165) is 43.4 Å². The number of benzene rings is 1. The van der Waals surface area contributed by atoms with Gasteiger partial charge in [-0.2, -0.15) is 0 Å². The molecule has 11 nitrogen and oxygen atoms in total. The zero-order chi connectivity index (χ0) is 43.8. The first-order valence-electron chi connectivity index (χ1n) is 24.4. The maximum atomic E-state index is 14.2. The summed E-state index contributed by atoms with van der Waals surface area (Å²) in [4.78, 5) is 44.0. The summed E-state index contributed by atoms with van der Waals surface area (Å²) in [6.45, 7) is 5.38. The lowest BCUT2D eigenvalue weighted by molar-refractivity contribution is -0.244. The number of hydrogen-bond donors (Lipinski definition) is 4. The van der Waals surface area contributed by atoms with Crippen molar-refractivity contribution in [3.05, 3.63) is 35.9 Å². The Morgan fingerprint density at radius 3 is 1.53 bits per heavy atom. The number of aliphatic hydroxyl groups excluding tert-OH is 3. The van der Waals surface area contributed by atoms with Crippen molar-refractivity contribution < 1.29 is 39.2 Å². The van der Waals surface area contributed by atoms with Gasteiger partial charge in [-0.3, -0.25) is 9.59 Å². The molecule has 0 spiro atoms. The molecule has 60 heavy (non-hydrogen) atoms. The van der Waals surface area contributed by atoms with Gasteiger partial charge in [0.2, 0.25) is 11.8 Å². The maximum Gasteiger partial charge on any atom is 0.417 e. The van der Waals surface area contributed by atoms with Gasteiger partial charge in [-0.25, -0.2) is 9.69 Å². The van der Waals surface area contributed by atoms with E-state index in [1.165, 1.54) is 134 Å². The van der Waals surface area contributed by atoms with E-state index < -0.39 is 55.2 Å². The summed E-state index contributed by atoms with van der Waals surface area (Å²) in [5.41, 5.74) is 6.74. The van der Waals surface area contributed by atoms with Gasteiger partial charge in [-0.05, 0) is 25.3 Å². The number of rotatable bonds is 35. The molecule has 346 valence electrons. The average Bonchev–Trinajstić information content (AvgIpc) is 3.25. The molecule has 1 heterocycles. The molecule has 1 aromatic carbocycles. The van der Waals surface area contributed by atoms with Crippen molar-refractivity contribution in [2.45, 2.75) is 244 Å². The third-order valence-electron chi connectivity index (χ3n) is 12.1. The average molecular weight is 846 g/mol. The monoisotopic (exact) mass is 846 g/mol. The Morgan fingerprint density at radius 2 is 1.10 bits per heavy atom. The smallest absolute Gasteiger partial charge is 0.417 e. The summed E-state index contributed by atoms with van der Waals surface area (Å²) < 4.78 is 11.8. The summed E-state index contributed by atoms with van der Waals surface area (Å²) in [5.74, 6) is -1.07. The standard InChI is InChI=1S/C49H87N3O8/c1-4-6-8-10-12-14-16-18-20-22-24-26-28-33-37-51(43(54)36-32-27-25-23-21-19-17-15-13-11-9-7-5-2)48-44(46(56)45(55)42(38-53)60-48)52(47(57)40(3)50)49(58)59-39-41-34-30-29-31-35-41/h29-31,34-35,40,42,44-46,48,53,55-56H,4-28,32-33,36-39,50H2,1-3H3/t40-,42+,44+,45+,46+,48+/m0/s1.